The minimum Gasteiger partial charge on any atom is -0.493 e. The molecule has 0 atom stereocenters. The Morgan fingerprint density at radius 3 is 2.72 bits per heavy atom. The molecular weight excluding hydrogens is 472 g/mol. The van der Waals surface area contributed by atoms with Crippen LogP contribution in [0, 0.1) is 6.92 Å². The summed E-state index contributed by atoms with van der Waals surface area (Å²) in [4.78, 5) is 17.3. The van der Waals surface area contributed by atoms with Crippen molar-refractivity contribution in [3.63, 3.8) is 0 Å². The van der Waals surface area contributed by atoms with E-state index in [1.54, 1.807) is 18.5 Å². The molecule has 2 heterocycles. The molecule has 2 aromatic heterocycles. The van der Waals surface area contributed by atoms with E-state index in [-0.39, 0.29) is 5.91 Å². The maximum absolute atomic E-state index is 12.9. The maximum Gasteiger partial charge on any atom is 0.248 e. The van der Waals surface area contributed by atoms with Crippen LogP contribution in [0.3, 0.4) is 0 Å². The Bertz CT molecular complexity index is 1620. The number of rotatable bonds is 6. The lowest BCUT2D eigenvalue weighted by atomic mass is 9.96. The van der Waals surface area contributed by atoms with Gasteiger partial charge in [-0.15, -0.1) is 0 Å². The fourth-order valence-electron chi connectivity index (χ4n) is 4.40. The van der Waals surface area contributed by atoms with E-state index in [0.29, 0.717) is 23.1 Å². The number of anilines is 1. The second-order valence-electron chi connectivity index (χ2n) is 8.57. The van der Waals surface area contributed by atoms with Gasteiger partial charge in [-0.05, 0) is 74.4 Å². The number of carbonyl (C=O) groups is 1. The molecule has 36 heavy (non-hydrogen) atoms. The van der Waals surface area contributed by atoms with Crippen molar-refractivity contribution in [3.8, 4) is 16.9 Å². The van der Waals surface area contributed by atoms with Crippen LogP contribution >= 0.6 is 11.6 Å². The smallest absolute Gasteiger partial charge is 0.248 e. The molecule has 0 saturated heterocycles. The lowest BCUT2D eigenvalue weighted by molar-refractivity contribution is -0.111. The predicted molar refractivity (Wildman–Crippen MR) is 147 cm³/mol. The molecule has 0 spiro atoms. The van der Waals surface area contributed by atoms with Gasteiger partial charge in [0.25, 0.3) is 0 Å². The monoisotopic (exact) mass is 496 g/mol. The summed E-state index contributed by atoms with van der Waals surface area (Å²) in [6, 6.07) is 19.2. The highest BCUT2D eigenvalue weighted by Gasteiger charge is 2.19. The number of fused-ring (bicyclic) bond motifs is 2. The number of nitrogens with zero attached hydrogens (tertiary/aromatic N) is 1. The average molecular weight is 497 g/mol. The van der Waals surface area contributed by atoms with Crippen LogP contribution in [0.5, 0.6) is 5.75 Å². The number of benzene rings is 3. The van der Waals surface area contributed by atoms with Crippen molar-refractivity contribution >= 4 is 50.6 Å². The number of carbonyl (C=O) groups excluding carboxylic acids is 1. The quantitative estimate of drug-likeness (QED) is 0.241. The Labute approximate surface area is 214 Å². The Balaban J connectivity index is 1.53. The van der Waals surface area contributed by atoms with E-state index in [2.05, 4.69) is 10.3 Å². The molecule has 3 aromatic carbocycles. The summed E-state index contributed by atoms with van der Waals surface area (Å²) in [6.45, 7) is 6.32. The molecule has 5 nitrogen and oxygen atoms in total. The molecule has 0 unspecified atom stereocenters. The first-order valence-electron chi connectivity index (χ1n) is 11.7. The van der Waals surface area contributed by atoms with Crippen molar-refractivity contribution in [1.82, 2.24) is 4.98 Å². The first kappa shape index (κ1) is 23.6. The van der Waals surface area contributed by atoms with Crippen LogP contribution in [0.1, 0.15) is 25.0 Å². The Morgan fingerprint density at radius 2 is 1.94 bits per heavy atom. The van der Waals surface area contributed by atoms with Gasteiger partial charge in [0.1, 0.15) is 11.3 Å². The molecule has 5 aromatic rings. The third-order valence-corrected chi connectivity index (χ3v) is 6.38. The summed E-state index contributed by atoms with van der Waals surface area (Å²) in [5.41, 5.74) is 6.82. The van der Waals surface area contributed by atoms with E-state index in [1.807, 2.05) is 81.4 Å². The zero-order chi connectivity index (χ0) is 25.2. The van der Waals surface area contributed by atoms with Gasteiger partial charge in [-0.3, -0.25) is 9.78 Å². The molecule has 5 rings (SSSR count). The van der Waals surface area contributed by atoms with Crippen LogP contribution in [0.2, 0.25) is 5.02 Å². The number of allylic oxidation sites excluding steroid dienone is 1. The SMILES string of the molecule is CCOc1c(/C(C)=C/C(=O)Nc2ccc3ncccc3c2)cc2c(-c3ccc(Cl)cc3)coc2c1C. The maximum atomic E-state index is 12.9. The minimum absolute atomic E-state index is 0.221. The molecule has 180 valence electrons. The number of furan rings is 1. The molecule has 0 fully saturated rings. The molecule has 0 saturated carbocycles. The lowest BCUT2D eigenvalue weighted by Crippen LogP contribution is -2.09. The number of ether oxygens (including phenoxy) is 1. The van der Waals surface area contributed by atoms with E-state index in [9.17, 15) is 4.79 Å². The van der Waals surface area contributed by atoms with Crippen molar-refractivity contribution in [2.24, 2.45) is 0 Å². The second kappa shape index (κ2) is 9.88. The highest BCUT2D eigenvalue weighted by Crippen LogP contribution is 2.41. The van der Waals surface area contributed by atoms with Crippen LogP contribution in [-0.2, 0) is 4.79 Å². The van der Waals surface area contributed by atoms with Gasteiger partial charge in [-0.2, -0.15) is 0 Å². The summed E-state index contributed by atoms with van der Waals surface area (Å²) >= 11 is 6.09. The minimum atomic E-state index is -0.221. The van der Waals surface area contributed by atoms with Gasteiger partial charge in [0.15, 0.2) is 0 Å². The number of aromatic nitrogens is 1. The second-order valence-corrected chi connectivity index (χ2v) is 9.01. The lowest BCUT2D eigenvalue weighted by Gasteiger charge is -2.15. The summed E-state index contributed by atoms with van der Waals surface area (Å²) in [6.07, 6.45) is 5.10. The third-order valence-electron chi connectivity index (χ3n) is 6.13. The zero-order valence-electron chi connectivity index (χ0n) is 20.3. The van der Waals surface area contributed by atoms with Crippen LogP contribution in [-0.4, -0.2) is 17.5 Å². The first-order chi connectivity index (χ1) is 17.4. The van der Waals surface area contributed by atoms with Gasteiger partial charge in [0.05, 0.1) is 18.4 Å². The number of nitrogens with one attached hydrogen (secondary N) is 1. The highest BCUT2D eigenvalue weighted by molar-refractivity contribution is 6.30. The van der Waals surface area contributed by atoms with Crippen LogP contribution in [0.25, 0.3) is 38.6 Å². The van der Waals surface area contributed by atoms with Crippen molar-refractivity contribution in [3.05, 3.63) is 95.3 Å². The van der Waals surface area contributed by atoms with Gasteiger partial charge in [-0.1, -0.05) is 29.8 Å². The number of aryl methyl sites for hydroxylation is 1. The summed E-state index contributed by atoms with van der Waals surface area (Å²) in [5.74, 6) is 0.487. The Kier molecular flexibility index (Phi) is 6.49. The van der Waals surface area contributed by atoms with Crippen LogP contribution in [0.15, 0.2) is 83.6 Å². The zero-order valence-corrected chi connectivity index (χ0v) is 21.0. The molecule has 1 N–H and O–H groups in total. The average Bonchev–Trinajstić information content (AvgIpc) is 3.30. The van der Waals surface area contributed by atoms with Crippen molar-refractivity contribution in [2.45, 2.75) is 20.8 Å². The number of halogens is 1. The number of amides is 1. The molecule has 0 aliphatic rings. The first-order valence-corrected chi connectivity index (χ1v) is 12.1. The molecule has 0 aliphatic carbocycles. The Hall–Kier alpha value is -4.09. The summed E-state index contributed by atoms with van der Waals surface area (Å²) < 4.78 is 12.0. The van der Waals surface area contributed by atoms with Crippen LogP contribution < -0.4 is 10.1 Å². The summed E-state index contributed by atoms with van der Waals surface area (Å²) in [7, 11) is 0. The van der Waals surface area contributed by atoms with Gasteiger partial charge >= 0.3 is 0 Å². The van der Waals surface area contributed by atoms with E-state index in [4.69, 9.17) is 20.8 Å². The number of hydrogen-bond donors (Lipinski definition) is 1. The van der Waals surface area contributed by atoms with Crippen molar-refractivity contribution in [2.75, 3.05) is 11.9 Å². The van der Waals surface area contributed by atoms with E-state index >= 15 is 0 Å². The normalized spacial score (nSPS) is 11.7. The highest BCUT2D eigenvalue weighted by atomic mass is 35.5. The standard InChI is InChI=1S/C30H25ClN2O3/c1-4-35-29-19(3)30-25(26(17-36-30)20-7-9-22(31)10-8-20)16-24(29)18(2)14-28(34)33-23-11-12-27-21(15-23)6-5-13-32-27/h5-17H,4H2,1-3H3,(H,33,34)/b18-14+. The number of hydrogen-bond acceptors (Lipinski definition) is 4. The fourth-order valence-corrected chi connectivity index (χ4v) is 4.52. The van der Waals surface area contributed by atoms with Crippen molar-refractivity contribution in [1.29, 1.82) is 0 Å². The fraction of sp³-hybridized carbons (Fsp3) is 0.133. The largest absolute Gasteiger partial charge is 0.493 e. The molecule has 6 heteroatoms. The van der Waals surface area contributed by atoms with E-state index in [1.165, 1.54) is 0 Å². The molecule has 0 aliphatic heterocycles. The van der Waals surface area contributed by atoms with Crippen LogP contribution in [0.4, 0.5) is 5.69 Å². The van der Waals surface area contributed by atoms with Gasteiger partial charge in [-0.25, -0.2) is 0 Å². The molecule has 0 radical (unpaired) electrons. The summed E-state index contributed by atoms with van der Waals surface area (Å²) in [5, 5.41) is 5.55. The molecule has 0 bridgehead atoms. The van der Waals surface area contributed by atoms with E-state index in [0.717, 1.165) is 49.7 Å². The topological polar surface area (TPSA) is 64.4 Å². The third kappa shape index (κ3) is 4.58. The number of pyridine rings is 1. The van der Waals surface area contributed by atoms with Gasteiger partial charge in [0, 0.05) is 50.4 Å². The molecular formula is C30H25ClN2O3. The molecule has 1 amide bonds. The Morgan fingerprint density at radius 1 is 1.14 bits per heavy atom. The van der Waals surface area contributed by atoms with Crippen molar-refractivity contribution < 1.29 is 13.9 Å². The predicted octanol–water partition coefficient (Wildman–Crippen LogP) is 8.05. The van der Waals surface area contributed by atoms with Gasteiger partial charge in [0.2, 0.25) is 5.91 Å². The van der Waals surface area contributed by atoms with Gasteiger partial charge < -0.3 is 14.5 Å². The van der Waals surface area contributed by atoms with E-state index < -0.39 is 0 Å².